The van der Waals surface area contributed by atoms with Crippen LogP contribution in [0.2, 0.25) is 0 Å². The van der Waals surface area contributed by atoms with Crippen molar-refractivity contribution >= 4 is 35.8 Å². The highest BCUT2D eigenvalue weighted by molar-refractivity contribution is 7.99. The number of nitrogens with one attached hydrogen (secondary N) is 2. The molecule has 0 radical (unpaired) electrons. The molecule has 1 amide bonds. The number of hydrogen-bond donors (Lipinski definition) is 2. The van der Waals surface area contributed by atoms with Crippen molar-refractivity contribution < 1.29 is 13.6 Å². The van der Waals surface area contributed by atoms with E-state index in [1.807, 2.05) is 18.3 Å². The molecule has 9 heteroatoms. The Bertz CT molecular complexity index is 721. The molecule has 1 aromatic heterocycles. The average molecular weight is 415 g/mol. The molecular weight excluding hydrogens is 394 g/mol. The molecule has 1 aliphatic rings. The molecule has 2 aromatic rings. The summed E-state index contributed by atoms with van der Waals surface area (Å²) in [6, 6.07) is 10.4. The largest absolute Gasteiger partial charge is 0.325 e. The van der Waals surface area contributed by atoms with Crippen LogP contribution in [0.4, 0.5) is 14.5 Å². The van der Waals surface area contributed by atoms with Crippen molar-refractivity contribution in [2.24, 2.45) is 0 Å². The number of halogens is 3. The summed E-state index contributed by atoms with van der Waals surface area (Å²) >= 11 is 0.485. The number of aromatic nitrogens is 1. The molecule has 1 unspecified atom stereocenters. The number of rotatable bonds is 6. The van der Waals surface area contributed by atoms with E-state index in [1.165, 1.54) is 0 Å². The number of amides is 1. The lowest BCUT2D eigenvalue weighted by atomic mass is 10.1. The summed E-state index contributed by atoms with van der Waals surface area (Å²) in [5.74, 6) is -2.58. The van der Waals surface area contributed by atoms with Crippen molar-refractivity contribution in [3.8, 4) is 0 Å². The molecule has 2 N–H and O–H groups in total. The van der Waals surface area contributed by atoms with Gasteiger partial charge in [0.2, 0.25) is 5.91 Å². The van der Waals surface area contributed by atoms with Gasteiger partial charge in [0.1, 0.15) is 0 Å². The Morgan fingerprint density at radius 1 is 1.33 bits per heavy atom. The minimum atomic E-state index is -2.45. The molecule has 0 spiro atoms. The first kappa shape index (κ1) is 21.6. The van der Waals surface area contributed by atoms with Crippen molar-refractivity contribution in [3.63, 3.8) is 0 Å². The van der Waals surface area contributed by atoms with Gasteiger partial charge in [0, 0.05) is 48.7 Å². The number of carbonyl (C=O) groups is 1. The molecule has 1 fully saturated rings. The molecule has 1 saturated heterocycles. The van der Waals surface area contributed by atoms with E-state index in [-0.39, 0.29) is 30.9 Å². The van der Waals surface area contributed by atoms with Crippen LogP contribution < -0.4 is 10.6 Å². The molecule has 2 heterocycles. The Kier molecular flexibility index (Phi) is 8.43. The summed E-state index contributed by atoms with van der Waals surface area (Å²) in [5.41, 5.74) is 1.67. The highest BCUT2D eigenvalue weighted by atomic mass is 35.5. The predicted octanol–water partition coefficient (Wildman–Crippen LogP) is 3.40. The van der Waals surface area contributed by atoms with Crippen molar-refractivity contribution in [2.75, 3.05) is 31.5 Å². The zero-order valence-electron chi connectivity index (χ0n) is 14.5. The third-order valence-corrected chi connectivity index (χ3v) is 4.86. The van der Waals surface area contributed by atoms with Gasteiger partial charge in [0.05, 0.1) is 6.54 Å². The second-order valence-corrected chi connectivity index (χ2v) is 6.99. The number of carbonyl (C=O) groups excluding carboxylic acids is 1. The summed E-state index contributed by atoms with van der Waals surface area (Å²) in [4.78, 5) is 19.1. The van der Waals surface area contributed by atoms with Crippen molar-refractivity contribution in [3.05, 3.63) is 54.4 Å². The smallest absolute Gasteiger partial charge is 0.288 e. The van der Waals surface area contributed by atoms with E-state index in [0.717, 1.165) is 25.2 Å². The van der Waals surface area contributed by atoms with E-state index in [0.29, 0.717) is 22.3 Å². The van der Waals surface area contributed by atoms with E-state index < -0.39 is 5.76 Å². The molecule has 3 rings (SSSR count). The number of benzene rings is 1. The lowest BCUT2D eigenvalue weighted by molar-refractivity contribution is -0.118. The molecule has 0 aliphatic carbocycles. The Labute approximate surface area is 167 Å². The topological polar surface area (TPSA) is 57.3 Å². The van der Waals surface area contributed by atoms with Crippen molar-refractivity contribution in [1.82, 2.24) is 15.2 Å². The molecule has 5 nitrogen and oxygen atoms in total. The second kappa shape index (κ2) is 10.6. The summed E-state index contributed by atoms with van der Waals surface area (Å²) in [7, 11) is 0. The van der Waals surface area contributed by atoms with Gasteiger partial charge in [-0.2, -0.15) is 8.78 Å². The Morgan fingerprint density at radius 3 is 2.78 bits per heavy atom. The predicted molar refractivity (Wildman–Crippen MR) is 106 cm³/mol. The maximum atomic E-state index is 12.4. The lowest BCUT2D eigenvalue weighted by Crippen LogP contribution is -2.48. The molecule has 1 atom stereocenters. The highest BCUT2D eigenvalue weighted by Crippen LogP contribution is 2.26. The van der Waals surface area contributed by atoms with Crippen LogP contribution in [0.25, 0.3) is 0 Å². The van der Waals surface area contributed by atoms with E-state index in [9.17, 15) is 13.6 Å². The molecular formula is C18H21ClF2N4OS. The third-order valence-electron chi connectivity index (χ3n) is 4.13. The van der Waals surface area contributed by atoms with Gasteiger partial charge in [-0.15, -0.1) is 12.4 Å². The lowest BCUT2D eigenvalue weighted by Gasteiger charge is -2.35. The van der Waals surface area contributed by atoms with Crippen LogP contribution in [0.5, 0.6) is 0 Å². The maximum absolute atomic E-state index is 12.4. The van der Waals surface area contributed by atoms with E-state index in [4.69, 9.17) is 0 Å². The zero-order valence-corrected chi connectivity index (χ0v) is 16.1. The van der Waals surface area contributed by atoms with E-state index in [2.05, 4.69) is 20.5 Å². The van der Waals surface area contributed by atoms with Crippen molar-refractivity contribution in [2.45, 2.75) is 16.7 Å². The minimum Gasteiger partial charge on any atom is -0.325 e. The first-order valence-corrected chi connectivity index (χ1v) is 9.19. The normalized spacial score (nSPS) is 17.4. The minimum absolute atomic E-state index is 0. The summed E-state index contributed by atoms with van der Waals surface area (Å²) in [6.07, 6.45) is 3.55. The van der Waals surface area contributed by atoms with Gasteiger partial charge in [-0.1, -0.05) is 17.8 Å². The van der Waals surface area contributed by atoms with Crippen LogP contribution in [-0.4, -0.2) is 47.7 Å². The van der Waals surface area contributed by atoms with Gasteiger partial charge in [0.15, 0.2) is 0 Å². The number of hydrogen-bond acceptors (Lipinski definition) is 5. The van der Waals surface area contributed by atoms with Crippen LogP contribution >= 0.6 is 24.2 Å². The Balaban J connectivity index is 0.00000261. The van der Waals surface area contributed by atoms with Gasteiger partial charge in [0.25, 0.3) is 5.76 Å². The molecule has 27 heavy (non-hydrogen) atoms. The fraction of sp³-hybridized carbons (Fsp3) is 0.333. The van der Waals surface area contributed by atoms with Crippen LogP contribution in [0.15, 0.2) is 53.7 Å². The highest BCUT2D eigenvalue weighted by Gasteiger charge is 2.25. The second-order valence-electron chi connectivity index (χ2n) is 5.93. The summed E-state index contributed by atoms with van der Waals surface area (Å²) in [5, 5.41) is 6.17. The fourth-order valence-corrected chi connectivity index (χ4v) is 3.44. The average Bonchev–Trinajstić information content (AvgIpc) is 2.64. The first-order valence-electron chi connectivity index (χ1n) is 8.31. The number of thioether (sulfide) groups is 1. The van der Waals surface area contributed by atoms with Crippen LogP contribution in [-0.2, 0) is 4.79 Å². The van der Waals surface area contributed by atoms with E-state index >= 15 is 0 Å². The van der Waals surface area contributed by atoms with Gasteiger partial charge in [-0.25, -0.2) is 0 Å². The molecule has 146 valence electrons. The third kappa shape index (κ3) is 6.42. The number of alkyl halides is 2. The van der Waals surface area contributed by atoms with Crippen LogP contribution in [0.3, 0.4) is 0 Å². The number of anilines is 1. The van der Waals surface area contributed by atoms with Gasteiger partial charge >= 0.3 is 0 Å². The SMILES string of the molecule is Cl.O=C(CN1CCNCC1c1cccnc1)Nc1ccc(SC(F)F)cc1. The standard InChI is InChI=1S/C18H20F2N4OS.ClH/c19-18(20)26-15-5-3-14(4-6-15)23-17(25)12-24-9-8-22-11-16(24)13-2-1-7-21-10-13;/h1-7,10,16,18,22H,8-9,11-12H2,(H,23,25);1H. The van der Waals surface area contributed by atoms with Gasteiger partial charge in [-0.05, 0) is 35.9 Å². The molecule has 0 saturated carbocycles. The van der Waals surface area contributed by atoms with Crippen molar-refractivity contribution in [1.29, 1.82) is 0 Å². The monoisotopic (exact) mass is 414 g/mol. The van der Waals surface area contributed by atoms with Gasteiger partial charge < -0.3 is 10.6 Å². The molecule has 0 bridgehead atoms. The van der Waals surface area contributed by atoms with Crippen LogP contribution in [0.1, 0.15) is 11.6 Å². The number of piperazine rings is 1. The molecule has 1 aliphatic heterocycles. The Hall–Kier alpha value is -1.74. The maximum Gasteiger partial charge on any atom is 0.288 e. The number of nitrogens with zero attached hydrogens (tertiary/aromatic N) is 2. The fourth-order valence-electron chi connectivity index (χ4n) is 2.94. The van der Waals surface area contributed by atoms with E-state index in [1.54, 1.807) is 30.5 Å². The Morgan fingerprint density at radius 2 is 2.11 bits per heavy atom. The van der Waals surface area contributed by atoms with Crippen LogP contribution in [0, 0.1) is 0 Å². The summed E-state index contributed by atoms with van der Waals surface area (Å²) in [6.45, 7) is 2.60. The van der Waals surface area contributed by atoms with Gasteiger partial charge in [-0.3, -0.25) is 14.7 Å². The summed E-state index contributed by atoms with van der Waals surface area (Å²) < 4.78 is 24.7. The molecule has 1 aromatic carbocycles. The quantitative estimate of drug-likeness (QED) is 0.709. The zero-order chi connectivity index (χ0) is 18.4. The number of pyridine rings is 1. The first-order chi connectivity index (χ1) is 12.6.